The topological polar surface area (TPSA) is 133 Å². The number of nitrogens with zero attached hydrogens (tertiary/aromatic N) is 3. The summed E-state index contributed by atoms with van der Waals surface area (Å²) in [5, 5.41) is 6.77. The number of nitrogens with two attached hydrogens (primary N) is 2. The number of ether oxygens (including phenoxy) is 1. The summed E-state index contributed by atoms with van der Waals surface area (Å²) >= 11 is 0. The Balaban J connectivity index is 0.000000751. The van der Waals surface area contributed by atoms with E-state index < -0.39 is 0 Å². The van der Waals surface area contributed by atoms with Gasteiger partial charge in [0.25, 0.3) is 0 Å². The third-order valence-electron chi connectivity index (χ3n) is 5.68. The molecule has 186 valence electrons. The summed E-state index contributed by atoms with van der Waals surface area (Å²) in [6, 6.07) is 6.50. The van der Waals surface area contributed by atoms with E-state index in [1.807, 2.05) is 25.1 Å². The average Bonchev–Trinajstić information content (AvgIpc) is 2.77. The van der Waals surface area contributed by atoms with Crippen LogP contribution >= 0.6 is 0 Å². The molecule has 2 aliphatic rings. The molecule has 1 aliphatic heterocycles. The molecule has 0 amide bonds. The van der Waals surface area contributed by atoms with E-state index in [4.69, 9.17) is 16.2 Å². The van der Waals surface area contributed by atoms with E-state index in [9.17, 15) is 4.79 Å². The number of aromatic nitrogens is 2. The van der Waals surface area contributed by atoms with Crippen molar-refractivity contribution in [3.8, 4) is 11.5 Å². The van der Waals surface area contributed by atoms with Gasteiger partial charge in [0.05, 0.1) is 11.9 Å². The molecule has 1 saturated carbocycles. The number of rotatable bonds is 6. The average molecular weight is 470 g/mol. The van der Waals surface area contributed by atoms with Gasteiger partial charge < -0.3 is 26.8 Å². The standard InChI is InChI=1S/C21H29N7O2.C4H10/c1-13-3-8-17-16(11-13)26-19-18(30-17)12-28(21(29)27-19)15-6-4-14(5-7-15)24-9-2-10-25-20(22)23;1-4(2)3/h3,8,11-12,14-15,24H,2,4-7,9-10H2,1H3,(H4,22,23,25)(H,26,27,29);4H,1-3H3. The summed E-state index contributed by atoms with van der Waals surface area (Å²) in [6.07, 6.45) is 6.57. The molecule has 9 nitrogen and oxygen atoms in total. The molecule has 0 unspecified atom stereocenters. The number of nitrogens with one attached hydrogen (secondary N) is 2. The summed E-state index contributed by atoms with van der Waals surface area (Å²) in [5.74, 6) is 2.78. The monoisotopic (exact) mass is 469 g/mol. The second-order valence-corrected chi connectivity index (χ2v) is 9.72. The lowest BCUT2D eigenvalue weighted by molar-refractivity contribution is 0.283. The molecule has 0 spiro atoms. The van der Waals surface area contributed by atoms with Crippen LogP contribution in [0.2, 0.25) is 0 Å². The van der Waals surface area contributed by atoms with Gasteiger partial charge >= 0.3 is 5.69 Å². The van der Waals surface area contributed by atoms with Crippen molar-refractivity contribution in [1.29, 1.82) is 0 Å². The first-order valence-electron chi connectivity index (χ1n) is 12.2. The predicted molar refractivity (Wildman–Crippen MR) is 138 cm³/mol. The number of anilines is 2. The van der Waals surface area contributed by atoms with Gasteiger partial charge in [0.15, 0.2) is 23.3 Å². The van der Waals surface area contributed by atoms with Gasteiger partial charge in [0.1, 0.15) is 0 Å². The van der Waals surface area contributed by atoms with Crippen LogP contribution in [-0.4, -0.2) is 34.6 Å². The normalized spacial score (nSPS) is 18.5. The second kappa shape index (κ2) is 11.9. The van der Waals surface area contributed by atoms with E-state index in [0.29, 0.717) is 24.2 Å². The van der Waals surface area contributed by atoms with E-state index in [0.717, 1.165) is 61.6 Å². The third kappa shape index (κ3) is 7.21. The number of guanidine groups is 1. The van der Waals surface area contributed by atoms with Gasteiger partial charge in [-0.15, -0.1) is 0 Å². The summed E-state index contributed by atoms with van der Waals surface area (Å²) in [4.78, 5) is 20.9. The van der Waals surface area contributed by atoms with Gasteiger partial charge in [-0.25, -0.2) is 4.79 Å². The van der Waals surface area contributed by atoms with Gasteiger partial charge in [-0.05, 0) is 69.2 Å². The summed E-state index contributed by atoms with van der Waals surface area (Å²) in [6.45, 7) is 10.0. The van der Waals surface area contributed by atoms with Crippen LogP contribution in [0.4, 0.5) is 11.5 Å². The lowest BCUT2D eigenvalue weighted by Crippen LogP contribution is -2.37. The third-order valence-corrected chi connectivity index (χ3v) is 5.68. The van der Waals surface area contributed by atoms with Crippen molar-refractivity contribution in [2.75, 3.05) is 18.4 Å². The maximum Gasteiger partial charge on any atom is 0.350 e. The molecule has 9 heteroatoms. The zero-order valence-electron chi connectivity index (χ0n) is 20.8. The van der Waals surface area contributed by atoms with Crippen molar-refractivity contribution < 1.29 is 4.74 Å². The van der Waals surface area contributed by atoms with E-state index in [1.165, 1.54) is 0 Å². The smallest absolute Gasteiger partial charge is 0.350 e. The molecule has 2 aromatic rings. The van der Waals surface area contributed by atoms with E-state index >= 15 is 0 Å². The Bertz CT molecular complexity index is 1030. The maximum absolute atomic E-state index is 12.7. The molecule has 0 bridgehead atoms. The quantitative estimate of drug-likeness (QED) is 0.245. The summed E-state index contributed by atoms with van der Waals surface area (Å²) < 4.78 is 7.74. The van der Waals surface area contributed by atoms with Gasteiger partial charge in [-0.2, -0.15) is 4.98 Å². The van der Waals surface area contributed by atoms with Crippen LogP contribution in [0.5, 0.6) is 11.5 Å². The van der Waals surface area contributed by atoms with Crippen LogP contribution in [0.25, 0.3) is 0 Å². The number of hydrogen-bond acceptors (Lipinski definition) is 6. The van der Waals surface area contributed by atoms with Gasteiger partial charge in [0, 0.05) is 18.6 Å². The van der Waals surface area contributed by atoms with Gasteiger partial charge in [-0.1, -0.05) is 26.8 Å². The van der Waals surface area contributed by atoms with E-state index in [-0.39, 0.29) is 17.7 Å². The molecule has 4 rings (SSSR count). The van der Waals surface area contributed by atoms with Crippen LogP contribution in [0.15, 0.2) is 34.2 Å². The Hall–Kier alpha value is -3.07. The van der Waals surface area contributed by atoms with Crippen molar-refractivity contribution in [1.82, 2.24) is 14.9 Å². The highest BCUT2D eigenvalue weighted by molar-refractivity contribution is 5.75. The Morgan fingerprint density at radius 1 is 1.24 bits per heavy atom. The maximum atomic E-state index is 12.7. The number of hydrogen-bond donors (Lipinski definition) is 4. The lowest BCUT2D eigenvalue weighted by atomic mass is 9.91. The van der Waals surface area contributed by atoms with Crippen molar-refractivity contribution in [2.24, 2.45) is 22.4 Å². The van der Waals surface area contributed by atoms with Crippen LogP contribution < -0.4 is 32.5 Å². The number of aliphatic imine (C=N–C) groups is 1. The number of fused-ring (bicyclic) bond motifs is 2. The zero-order valence-corrected chi connectivity index (χ0v) is 20.8. The molecule has 1 aromatic carbocycles. The highest BCUT2D eigenvalue weighted by Crippen LogP contribution is 2.41. The number of benzene rings is 1. The summed E-state index contributed by atoms with van der Waals surface area (Å²) in [7, 11) is 0. The largest absolute Gasteiger partial charge is 0.450 e. The zero-order chi connectivity index (χ0) is 24.7. The molecular weight excluding hydrogens is 430 g/mol. The molecular formula is C25H39N7O2. The molecule has 34 heavy (non-hydrogen) atoms. The van der Waals surface area contributed by atoms with Crippen LogP contribution in [0, 0.1) is 12.8 Å². The fourth-order valence-corrected chi connectivity index (χ4v) is 4.11. The molecule has 0 saturated heterocycles. The first kappa shape index (κ1) is 25.6. The molecule has 1 fully saturated rings. The Morgan fingerprint density at radius 2 is 1.94 bits per heavy atom. The highest BCUT2D eigenvalue weighted by atomic mass is 16.5. The molecule has 0 atom stereocenters. The molecule has 0 radical (unpaired) electrons. The predicted octanol–water partition coefficient (Wildman–Crippen LogP) is 3.80. The van der Waals surface area contributed by atoms with Crippen molar-refractivity contribution in [2.45, 2.75) is 71.9 Å². The van der Waals surface area contributed by atoms with Crippen LogP contribution in [-0.2, 0) is 0 Å². The van der Waals surface area contributed by atoms with Gasteiger partial charge in [-0.3, -0.25) is 9.56 Å². The highest BCUT2D eigenvalue weighted by Gasteiger charge is 2.26. The first-order chi connectivity index (χ1) is 16.2. The van der Waals surface area contributed by atoms with Crippen molar-refractivity contribution >= 4 is 17.5 Å². The van der Waals surface area contributed by atoms with Crippen LogP contribution in [0.3, 0.4) is 0 Å². The van der Waals surface area contributed by atoms with Crippen molar-refractivity contribution in [3.63, 3.8) is 0 Å². The fourth-order valence-electron chi connectivity index (χ4n) is 4.11. The molecule has 1 aliphatic carbocycles. The van der Waals surface area contributed by atoms with Crippen molar-refractivity contribution in [3.05, 3.63) is 40.4 Å². The Labute approximate surface area is 202 Å². The van der Waals surface area contributed by atoms with Crippen LogP contribution in [0.1, 0.15) is 64.5 Å². The first-order valence-corrected chi connectivity index (χ1v) is 12.2. The minimum Gasteiger partial charge on any atom is -0.450 e. The minimum absolute atomic E-state index is 0.136. The second-order valence-electron chi connectivity index (χ2n) is 9.72. The molecule has 2 heterocycles. The SMILES string of the molecule is CC(C)C.Cc1ccc2c(c1)Nc1nc(=O)n(C3CCC(NCCCN=C(N)N)CC3)cc1O2. The minimum atomic E-state index is -0.241. The Kier molecular flexibility index (Phi) is 8.92. The van der Waals surface area contributed by atoms with E-state index in [1.54, 1.807) is 10.8 Å². The Morgan fingerprint density at radius 3 is 2.62 bits per heavy atom. The summed E-state index contributed by atoms with van der Waals surface area (Å²) in [5.41, 5.74) is 12.4. The van der Waals surface area contributed by atoms with E-state index in [2.05, 4.69) is 41.4 Å². The fraction of sp³-hybridized carbons (Fsp3) is 0.560. The number of aryl methyl sites for hydroxylation is 1. The lowest BCUT2D eigenvalue weighted by Gasteiger charge is -2.31. The molecule has 6 N–H and O–H groups in total. The van der Waals surface area contributed by atoms with Gasteiger partial charge in [0.2, 0.25) is 0 Å². The molecule has 1 aromatic heterocycles.